The lowest BCUT2D eigenvalue weighted by Crippen LogP contribution is -2.39. The summed E-state index contributed by atoms with van der Waals surface area (Å²) in [6.45, 7) is 4.99. The van der Waals surface area contributed by atoms with Crippen LogP contribution in [0.3, 0.4) is 0 Å². The van der Waals surface area contributed by atoms with Crippen LogP contribution < -0.4 is 20.1 Å². The minimum Gasteiger partial charge on any atom is -0.497 e. The zero-order valence-electron chi connectivity index (χ0n) is 16.5. The molecular formula is C19H29IN4O2S. The largest absolute Gasteiger partial charge is 0.497 e. The summed E-state index contributed by atoms with van der Waals surface area (Å²) in [6.07, 6.45) is 3.88. The number of guanidine groups is 1. The maximum Gasteiger partial charge on any atom is 0.191 e. The van der Waals surface area contributed by atoms with Crippen molar-refractivity contribution in [1.29, 1.82) is 0 Å². The lowest BCUT2D eigenvalue weighted by Gasteiger charge is -2.20. The quantitative estimate of drug-likeness (QED) is 0.325. The van der Waals surface area contributed by atoms with E-state index in [0.29, 0.717) is 0 Å². The Labute approximate surface area is 182 Å². The third kappa shape index (κ3) is 6.84. The van der Waals surface area contributed by atoms with Crippen LogP contribution in [0, 0.1) is 0 Å². The second-order valence-electron chi connectivity index (χ2n) is 5.80. The number of nitrogens with one attached hydrogen (secondary N) is 2. The number of aromatic nitrogens is 1. The Balaban J connectivity index is 0.00000364. The number of aliphatic imine (C=N–C) groups is 1. The minimum absolute atomic E-state index is 0. The Hall–Kier alpha value is -1.55. The van der Waals surface area contributed by atoms with Gasteiger partial charge in [0.1, 0.15) is 11.5 Å². The molecule has 2 N–H and O–H groups in total. The average molecular weight is 504 g/mol. The van der Waals surface area contributed by atoms with Crippen molar-refractivity contribution in [1.82, 2.24) is 15.6 Å². The van der Waals surface area contributed by atoms with Gasteiger partial charge in [-0.15, -0.1) is 35.3 Å². The molecule has 1 aromatic carbocycles. The summed E-state index contributed by atoms with van der Waals surface area (Å²) >= 11 is 1.77. The SMILES string of the molecule is CCc1cnc(CCNC(=NC)NC(C)c2cc(OC)ccc2OC)s1.I. The molecule has 8 heteroatoms. The van der Waals surface area contributed by atoms with Gasteiger partial charge in [-0.25, -0.2) is 4.98 Å². The maximum absolute atomic E-state index is 5.47. The first-order chi connectivity index (χ1) is 12.6. The second kappa shape index (κ2) is 12.0. The summed E-state index contributed by atoms with van der Waals surface area (Å²) in [5.41, 5.74) is 1.02. The number of hydrogen-bond donors (Lipinski definition) is 2. The summed E-state index contributed by atoms with van der Waals surface area (Å²) in [5, 5.41) is 7.89. The van der Waals surface area contributed by atoms with E-state index in [2.05, 4.69) is 34.5 Å². The Kier molecular flexibility index (Phi) is 10.5. The van der Waals surface area contributed by atoms with Crippen molar-refractivity contribution in [2.75, 3.05) is 27.8 Å². The third-order valence-electron chi connectivity index (χ3n) is 4.06. The van der Waals surface area contributed by atoms with Gasteiger partial charge in [-0.1, -0.05) is 6.92 Å². The van der Waals surface area contributed by atoms with Crippen LogP contribution in [0.5, 0.6) is 11.5 Å². The van der Waals surface area contributed by atoms with Crippen LogP contribution in [-0.2, 0) is 12.8 Å². The lowest BCUT2D eigenvalue weighted by molar-refractivity contribution is 0.394. The van der Waals surface area contributed by atoms with Gasteiger partial charge in [0.05, 0.1) is 25.3 Å². The fourth-order valence-electron chi connectivity index (χ4n) is 2.57. The van der Waals surface area contributed by atoms with Gasteiger partial charge in [0.2, 0.25) is 0 Å². The molecule has 0 bridgehead atoms. The summed E-state index contributed by atoms with van der Waals surface area (Å²) in [5.74, 6) is 2.36. The van der Waals surface area contributed by atoms with Crippen LogP contribution in [0.4, 0.5) is 0 Å². The molecule has 1 unspecified atom stereocenters. The molecule has 0 amide bonds. The van der Waals surface area contributed by atoms with Crippen molar-refractivity contribution in [3.8, 4) is 11.5 Å². The van der Waals surface area contributed by atoms with Gasteiger partial charge >= 0.3 is 0 Å². The maximum atomic E-state index is 5.47. The molecule has 150 valence electrons. The van der Waals surface area contributed by atoms with Gasteiger partial charge in [-0.2, -0.15) is 0 Å². The molecule has 0 radical (unpaired) electrons. The van der Waals surface area contributed by atoms with Gasteiger partial charge in [0.25, 0.3) is 0 Å². The monoisotopic (exact) mass is 504 g/mol. The van der Waals surface area contributed by atoms with E-state index in [1.54, 1.807) is 32.6 Å². The predicted octanol–water partition coefficient (Wildman–Crippen LogP) is 3.81. The topological polar surface area (TPSA) is 67.8 Å². The van der Waals surface area contributed by atoms with Crippen molar-refractivity contribution >= 4 is 41.3 Å². The van der Waals surface area contributed by atoms with E-state index in [0.717, 1.165) is 47.4 Å². The van der Waals surface area contributed by atoms with E-state index < -0.39 is 0 Å². The highest BCUT2D eigenvalue weighted by molar-refractivity contribution is 14.0. The molecule has 0 fully saturated rings. The number of thiazole rings is 1. The predicted molar refractivity (Wildman–Crippen MR) is 123 cm³/mol. The highest BCUT2D eigenvalue weighted by Gasteiger charge is 2.14. The van der Waals surface area contributed by atoms with E-state index >= 15 is 0 Å². The van der Waals surface area contributed by atoms with Crippen molar-refractivity contribution in [3.63, 3.8) is 0 Å². The lowest BCUT2D eigenvalue weighted by atomic mass is 10.1. The Morgan fingerprint density at radius 3 is 2.67 bits per heavy atom. The van der Waals surface area contributed by atoms with Gasteiger partial charge in [-0.3, -0.25) is 4.99 Å². The van der Waals surface area contributed by atoms with Crippen LogP contribution >= 0.6 is 35.3 Å². The fourth-order valence-corrected chi connectivity index (χ4v) is 3.43. The number of nitrogens with zero attached hydrogens (tertiary/aromatic N) is 2. The number of halogens is 1. The van der Waals surface area contributed by atoms with Crippen molar-refractivity contribution in [2.45, 2.75) is 32.7 Å². The van der Waals surface area contributed by atoms with Crippen LogP contribution in [0.25, 0.3) is 0 Å². The number of hydrogen-bond acceptors (Lipinski definition) is 5. The number of ether oxygens (including phenoxy) is 2. The zero-order valence-corrected chi connectivity index (χ0v) is 19.7. The summed E-state index contributed by atoms with van der Waals surface area (Å²) in [7, 11) is 5.10. The van der Waals surface area contributed by atoms with Crippen molar-refractivity contribution < 1.29 is 9.47 Å². The van der Waals surface area contributed by atoms with E-state index in [1.165, 1.54) is 4.88 Å². The van der Waals surface area contributed by atoms with Crippen LogP contribution in [0.2, 0.25) is 0 Å². The molecule has 0 aliphatic rings. The molecule has 1 atom stereocenters. The molecule has 0 aliphatic heterocycles. The molecule has 2 rings (SSSR count). The molecule has 0 aliphatic carbocycles. The molecule has 0 spiro atoms. The summed E-state index contributed by atoms with van der Waals surface area (Å²) in [6, 6.07) is 5.79. The molecule has 27 heavy (non-hydrogen) atoms. The normalized spacial score (nSPS) is 12.1. The van der Waals surface area contributed by atoms with Gasteiger partial charge < -0.3 is 20.1 Å². The third-order valence-corrected chi connectivity index (χ3v) is 5.26. The molecule has 0 saturated heterocycles. The smallest absolute Gasteiger partial charge is 0.191 e. The minimum atomic E-state index is 0. The fraction of sp³-hybridized carbons (Fsp3) is 0.474. The molecule has 2 aromatic rings. The van der Waals surface area contributed by atoms with Crippen molar-refractivity contribution in [2.24, 2.45) is 4.99 Å². The summed E-state index contributed by atoms with van der Waals surface area (Å²) in [4.78, 5) is 10.1. The molecule has 6 nitrogen and oxygen atoms in total. The number of benzene rings is 1. The van der Waals surface area contributed by atoms with E-state index in [4.69, 9.17) is 9.47 Å². The standard InChI is InChI=1S/C19H28N4O2S.HI/c1-6-15-12-22-18(26-15)9-10-21-19(20-3)23-13(2)16-11-14(24-4)7-8-17(16)25-5;/h7-8,11-13H,6,9-10H2,1-5H3,(H2,20,21,23);1H. The van der Waals surface area contributed by atoms with E-state index in [9.17, 15) is 0 Å². The number of methoxy groups -OCH3 is 2. The highest BCUT2D eigenvalue weighted by atomic mass is 127. The van der Waals surface area contributed by atoms with Crippen LogP contribution in [-0.4, -0.2) is 38.8 Å². The Bertz CT molecular complexity index is 736. The molecule has 1 aromatic heterocycles. The number of rotatable bonds is 8. The molecule has 1 heterocycles. The van der Waals surface area contributed by atoms with E-state index in [-0.39, 0.29) is 30.0 Å². The number of aryl methyl sites for hydroxylation is 1. The summed E-state index contributed by atoms with van der Waals surface area (Å²) < 4.78 is 10.8. The Morgan fingerprint density at radius 1 is 1.30 bits per heavy atom. The zero-order chi connectivity index (χ0) is 18.9. The van der Waals surface area contributed by atoms with Gasteiger partial charge in [0, 0.05) is 36.7 Å². The highest BCUT2D eigenvalue weighted by Crippen LogP contribution is 2.29. The first-order valence-electron chi connectivity index (χ1n) is 8.73. The van der Waals surface area contributed by atoms with Crippen LogP contribution in [0.1, 0.15) is 35.3 Å². The Morgan fingerprint density at radius 2 is 2.07 bits per heavy atom. The average Bonchev–Trinajstić information content (AvgIpc) is 3.14. The van der Waals surface area contributed by atoms with Crippen LogP contribution in [0.15, 0.2) is 29.4 Å². The van der Waals surface area contributed by atoms with Gasteiger partial charge in [-0.05, 0) is 31.5 Å². The van der Waals surface area contributed by atoms with Gasteiger partial charge in [0.15, 0.2) is 5.96 Å². The first-order valence-corrected chi connectivity index (χ1v) is 9.55. The molecule has 0 saturated carbocycles. The first kappa shape index (κ1) is 23.5. The molecular weight excluding hydrogens is 475 g/mol. The van der Waals surface area contributed by atoms with Crippen molar-refractivity contribution in [3.05, 3.63) is 39.8 Å². The van der Waals surface area contributed by atoms with E-state index in [1.807, 2.05) is 24.4 Å². The second-order valence-corrected chi connectivity index (χ2v) is 7.00.